The molecule has 0 bridgehead atoms. The highest BCUT2D eigenvalue weighted by molar-refractivity contribution is 4.84. The van der Waals surface area contributed by atoms with E-state index in [9.17, 15) is 0 Å². The van der Waals surface area contributed by atoms with E-state index in [0.29, 0.717) is 5.54 Å². The Bertz CT molecular complexity index is 169. The van der Waals surface area contributed by atoms with Gasteiger partial charge in [-0.25, -0.2) is 0 Å². The van der Waals surface area contributed by atoms with Gasteiger partial charge in [-0.3, -0.25) is 0 Å². The lowest BCUT2D eigenvalue weighted by molar-refractivity contribution is 0.146. The summed E-state index contributed by atoms with van der Waals surface area (Å²) < 4.78 is 0. The first kappa shape index (κ1) is 13.0. The number of nitrogens with one attached hydrogen (secondary N) is 1. The highest BCUT2D eigenvalue weighted by Gasteiger charge is 2.30. The highest BCUT2D eigenvalue weighted by atomic mass is 14.9. The maximum absolute atomic E-state index is 3.64. The fourth-order valence-corrected chi connectivity index (χ4v) is 2.38. The van der Waals surface area contributed by atoms with E-state index < -0.39 is 0 Å². The summed E-state index contributed by atoms with van der Waals surface area (Å²) in [4.78, 5) is 0. The predicted octanol–water partition coefficient (Wildman–Crippen LogP) is 3.98. The van der Waals surface area contributed by atoms with E-state index in [1.54, 1.807) is 0 Å². The zero-order valence-corrected chi connectivity index (χ0v) is 11.1. The summed E-state index contributed by atoms with van der Waals surface area (Å²) in [5, 5.41) is 3.64. The van der Waals surface area contributed by atoms with Crippen LogP contribution < -0.4 is 5.32 Å². The molecule has 0 radical (unpaired) electrons. The minimum absolute atomic E-state index is 0.295. The van der Waals surface area contributed by atoms with Gasteiger partial charge in [0.15, 0.2) is 0 Å². The fraction of sp³-hybridized carbons (Fsp3) is 1.00. The van der Waals surface area contributed by atoms with Gasteiger partial charge in [-0.05, 0) is 52.0 Å². The minimum Gasteiger partial charge on any atom is -0.312 e. The molecule has 1 aliphatic rings. The molecule has 1 fully saturated rings. The van der Waals surface area contributed by atoms with Crippen LogP contribution in [0.2, 0.25) is 0 Å². The van der Waals surface area contributed by atoms with Crippen LogP contribution in [-0.2, 0) is 0 Å². The molecule has 1 heteroatoms. The molecule has 2 unspecified atom stereocenters. The Morgan fingerprint density at radius 3 is 2.20 bits per heavy atom. The van der Waals surface area contributed by atoms with E-state index in [0.717, 1.165) is 11.8 Å². The van der Waals surface area contributed by atoms with Gasteiger partial charge in [-0.1, -0.05) is 32.6 Å². The van der Waals surface area contributed by atoms with Crippen LogP contribution >= 0.6 is 0 Å². The fourth-order valence-electron chi connectivity index (χ4n) is 2.38. The summed E-state index contributed by atoms with van der Waals surface area (Å²) in [5.74, 6) is 2.01. The first-order valence-electron chi connectivity index (χ1n) is 6.78. The molecule has 90 valence electrons. The van der Waals surface area contributed by atoms with E-state index in [1.807, 2.05) is 0 Å². The average Bonchev–Trinajstić information content (AvgIpc) is 2.08. The molecule has 0 aliphatic heterocycles. The Morgan fingerprint density at radius 1 is 1.07 bits per heavy atom. The molecule has 2 atom stereocenters. The highest BCUT2D eigenvalue weighted by Crippen LogP contribution is 2.37. The molecular formula is C14H29N. The molecule has 15 heavy (non-hydrogen) atoms. The second-order valence-electron chi connectivity index (χ2n) is 6.22. The molecule has 0 spiro atoms. The van der Waals surface area contributed by atoms with Gasteiger partial charge in [0.1, 0.15) is 0 Å². The van der Waals surface area contributed by atoms with E-state index in [4.69, 9.17) is 0 Å². The van der Waals surface area contributed by atoms with Crippen molar-refractivity contribution in [3.8, 4) is 0 Å². The van der Waals surface area contributed by atoms with Gasteiger partial charge >= 0.3 is 0 Å². The van der Waals surface area contributed by atoms with Gasteiger partial charge in [0.25, 0.3) is 0 Å². The first-order chi connectivity index (χ1) is 7.03. The second-order valence-corrected chi connectivity index (χ2v) is 6.22. The molecule has 0 aromatic rings. The Kier molecular flexibility index (Phi) is 5.11. The largest absolute Gasteiger partial charge is 0.312 e. The van der Waals surface area contributed by atoms with Crippen LogP contribution in [0.3, 0.4) is 0 Å². The van der Waals surface area contributed by atoms with Crippen LogP contribution in [-0.4, -0.2) is 12.1 Å². The van der Waals surface area contributed by atoms with E-state index >= 15 is 0 Å². The quantitative estimate of drug-likeness (QED) is 0.655. The Morgan fingerprint density at radius 2 is 1.73 bits per heavy atom. The molecule has 1 nitrogen and oxygen atoms in total. The summed E-state index contributed by atoms with van der Waals surface area (Å²) >= 11 is 0. The lowest BCUT2D eigenvalue weighted by Gasteiger charge is -2.39. The third-order valence-corrected chi connectivity index (χ3v) is 3.65. The second kappa shape index (κ2) is 5.89. The molecular weight excluding hydrogens is 182 g/mol. The molecule has 0 heterocycles. The van der Waals surface area contributed by atoms with Crippen LogP contribution in [0, 0.1) is 11.8 Å². The van der Waals surface area contributed by atoms with Crippen molar-refractivity contribution in [2.24, 2.45) is 11.8 Å². The molecule has 0 aromatic heterocycles. The molecule has 1 rings (SSSR count). The summed E-state index contributed by atoms with van der Waals surface area (Å²) in [5.41, 5.74) is 0.295. The molecule has 1 aliphatic carbocycles. The van der Waals surface area contributed by atoms with Crippen LogP contribution in [0.1, 0.15) is 66.2 Å². The molecule has 0 aromatic carbocycles. The van der Waals surface area contributed by atoms with Crippen molar-refractivity contribution in [3.05, 3.63) is 0 Å². The van der Waals surface area contributed by atoms with Gasteiger partial charge in [-0.15, -0.1) is 0 Å². The summed E-state index contributed by atoms with van der Waals surface area (Å²) in [6.07, 6.45) is 8.66. The van der Waals surface area contributed by atoms with Crippen molar-refractivity contribution in [2.45, 2.75) is 71.8 Å². The zero-order valence-electron chi connectivity index (χ0n) is 11.1. The van der Waals surface area contributed by atoms with E-state index in [1.165, 1.54) is 45.1 Å². The van der Waals surface area contributed by atoms with Crippen molar-refractivity contribution in [3.63, 3.8) is 0 Å². The van der Waals surface area contributed by atoms with Crippen LogP contribution in [0.15, 0.2) is 0 Å². The van der Waals surface area contributed by atoms with Crippen molar-refractivity contribution in [1.29, 1.82) is 0 Å². The van der Waals surface area contributed by atoms with Crippen LogP contribution in [0.5, 0.6) is 0 Å². The molecule has 0 amide bonds. The van der Waals surface area contributed by atoms with Crippen molar-refractivity contribution < 1.29 is 0 Å². The van der Waals surface area contributed by atoms with Gasteiger partial charge < -0.3 is 5.32 Å². The standard InChI is InChI=1S/C14H29N/c1-5-6-7-8-12-9-10-13(12)11-15-14(2,3)4/h12-13,15H,5-11H2,1-4H3. The molecule has 0 saturated heterocycles. The van der Waals surface area contributed by atoms with Gasteiger partial charge in [0.2, 0.25) is 0 Å². The monoisotopic (exact) mass is 211 g/mol. The lowest BCUT2D eigenvalue weighted by atomic mass is 9.71. The Labute approximate surface area is 96.0 Å². The molecule has 1 N–H and O–H groups in total. The third kappa shape index (κ3) is 5.01. The summed E-state index contributed by atoms with van der Waals surface area (Å²) in [6, 6.07) is 0. The van der Waals surface area contributed by atoms with Gasteiger partial charge in [0.05, 0.1) is 0 Å². The predicted molar refractivity (Wildman–Crippen MR) is 68.1 cm³/mol. The number of unbranched alkanes of at least 4 members (excludes halogenated alkanes) is 2. The average molecular weight is 211 g/mol. The number of hydrogen-bond donors (Lipinski definition) is 1. The minimum atomic E-state index is 0.295. The maximum atomic E-state index is 3.64. The van der Waals surface area contributed by atoms with Crippen LogP contribution in [0.25, 0.3) is 0 Å². The van der Waals surface area contributed by atoms with Gasteiger partial charge in [0, 0.05) is 5.54 Å². The lowest BCUT2D eigenvalue weighted by Crippen LogP contribution is -2.43. The van der Waals surface area contributed by atoms with Crippen LogP contribution in [0.4, 0.5) is 0 Å². The Balaban J connectivity index is 2.10. The zero-order chi connectivity index (χ0) is 11.3. The van der Waals surface area contributed by atoms with Crippen molar-refractivity contribution in [2.75, 3.05) is 6.54 Å². The summed E-state index contributed by atoms with van der Waals surface area (Å²) in [6.45, 7) is 10.3. The number of rotatable bonds is 6. The SMILES string of the molecule is CCCCCC1CCC1CNC(C)(C)C. The van der Waals surface area contributed by atoms with E-state index in [-0.39, 0.29) is 0 Å². The van der Waals surface area contributed by atoms with E-state index in [2.05, 4.69) is 33.0 Å². The van der Waals surface area contributed by atoms with Crippen molar-refractivity contribution >= 4 is 0 Å². The topological polar surface area (TPSA) is 12.0 Å². The molecule has 1 saturated carbocycles. The third-order valence-electron chi connectivity index (χ3n) is 3.65. The normalized spacial score (nSPS) is 26.4. The maximum Gasteiger partial charge on any atom is 0.00966 e. The first-order valence-corrected chi connectivity index (χ1v) is 6.78. The van der Waals surface area contributed by atoms with Gasteiger partial charge in [-0.2, -0.15) is 0 Å². The Hall–Kier alpha value is -0.0400. The number of hydrogen-bond acceptors (Lipinski definition) is 1. The van der Waals surface area contributed by atoms with Crippen molar-refractivity contribution in [1.82, 2.24) is 5.32 Å². The smallest absolute Gasteiger partial charge is 0.00966 e. The summed E-state index contributed by atoms with van der Waals surface area (Å²) in [7, 11) is 0.